The molecule has 1 aliphatic rings. The van der Waals surface area contributed by atoms with E-state index in [1.54, 1.807) is 6.92 Å². The molecule has 18 heavy (non-hydrogen) atoms. The van der Waals surface area contributed by atoms with Crippen molar-refractivity contribution in [2.24, 2.45) is 0 Å². The molecule has 1 aromatic rings. The van der Waals surface area contributed by atoms with E-state index < -0.39 is 23.9 Å². The molecule has 98 valence electrons. The van der Waals surface area contributed by atoms with Gasteiger partial charge in [-0.15, -0.1) is 0 Å². The van der Waals surface area contributed by atoms with Crippen LogP contribution in [0, 0.1) is 3.57 Å². The van der Waals surface area contributed by atoms with E-state index in [1.807, 2.05) is 22.6 Å². The van der Waals surface area contributed by atoms with Gasteiger partial charge in [-0.1, -0.05) is 0 Å². The molecule has 2 atom stereocenters. The summed E-state index contributed by atoms with van der Waals surface area (Å²) in [6.07, 6.45) is -5.70. The Hall–Kier alpha value is -0.990. The molecule has 0 aliphatic carbocycles. The van der Waals surface area contributed by atoms with Gasteiger partial charge in [0.25, 0.3) is 0 Å². The van der Waals surface area contributed by atoms with Crippen molar-refractivity contribution < 1.29 is 22.7 Å². The average molecular weight is 371 g/mol. The largest absolute Gasteiger partial charge is 0.439 e. The van der Waals surface area contributed by atoms with Crippen LogP contribution in [0.4, 0.5) is 18.0 Å². The molecule has 7 heteroatoms. The van der Waals surface area contributed by atoms with E-state index in [-0.39, 0.29) is 6.04 Å². The van der Waals surface area contributed by atoms with Crippen LogP contribution in [0.15, 0.2) is 18.2 Å². The highest BCUT2D eigenvalue weighted by atomic mass is 127. The third-order valence-electron chi connectivity index (χ3n) is 2.66. The summed E-state index contributed by atoms with van der Waals surface area (Å²) < 4.78 is 43.5. The number of alkyl carbamates (subject to hydrolysis) is 1. The molecule has 0 aromatic heterocycles. The number of halogens is 4. The van der Waals surface area contributed by atoms with Crippen LogP contribution in [0.2, 0.25) is 0 Å². The fourth-order valence-electron chi connectivity index (χ4n) is 1.78. The van der Waals surface area contributed by atoms with Gasteiger partial charge in [0.2, 0.25) is 0 Å². The van der Waals surface area contributed by atoms with Crippen molar-refractivity contribution in [1.82, 2.24) is 5.32 Å². The molecule has 1 fully saturated rings. The number of alkyl halides is 3. The number of nitrogens with one attached hydrogen (secondary N) is 1. The normalized spacial score (nSPS) is 23.7. The van der Waals surface area contributed by atoms with E-state index in [9.17, 15) is 18.0 Å². The molecule has 1 amide bonds. The fourth-order valence-corrected chi connectivity index (χ4v) is 2.43. The standard InChI is InChI=1S/C11H9F3INO2/c1-5-9(18-10(17)16-5)7-4-6(11(12,13)14)2-3-8(7)15/h2-5,9H,1H3,(H,16,17). The second kappa shape index (κ2) is 4.60. The number of hydrogen-bond donors (Lipinski definition) is 1. The molecule has 1 aliphatic heterocycles. The van der Waals surface area contributed by atoms with E-state index in [4.69, 9.17) is 4.74 Å². The van der Waals surface area contributed by atoms with Gasteiger partial charge in [-0.3, -0.25) is 0 Å². The van der Waals surface area contributed by atoms with E-state index >= 15 is 0 Å². The Balaban J connectivity index is 2.41. The Bertz CT molecular complexity index is 490. The monoisotopic (exact) mass is 371 g/mol. The third kappa shape index (κ3) is 2.55. The lowest BCUT2D eigenvalue weighted by atomic mass is 10.0. The topological polar surface area (TPSA) is 38.3 Å². The Morgan fingerprint density at radius 2 is 2.06 bits per heavy atom. The minimum absolute atomic E-state index is 0.352. The summed E-state index contributed by atoms with van der Waals surface area (Å²) in [4.78, 5) is 11.1. The maximum atomic E-state index is 12.6. The van der Waals surface area contributed by atoms with Gasteiger partial charge in [0.1, 0.15) is 6.10 Å². The summed E-state index contributed by atoms with van der Waals surface area (Å²) >= 11 is 1.93. The highest BCUT2D eigenvalue weighted by Crippen LogP contribution is 2.35. The lowest BCUT2D eigenvalue weighted by molar-refractivity contribution is -0.137. The van der Waals surface area contributed by atoms with Crippen LogP contribution in [0.25, 0.3) is 0 Å². The molecule has 2 unspecified atom stereocenters. The smallest absolute Gasteiger partial charge is 0.416 e. The minimum atomic E-state index is -4.40. The molecule has 0 bridgehead atoms. The van der Waals surface area contributed by atoms with E-state index in [1.165, 1.54) is 6.07 Å². The lowest BCUT2D eigenvalue weighted by Crippen LogP contribution is -2.24. The van der Waals surface area contributed by atoms with Crippen molar-refractivity contribution in [3.8, 4) is 0 Å². The van der Waals surface area contributed by atoms with Crippen molar-refractivity contribution in [2.45, 2.75) is 25.2 Å². The Morgan fingerprint density at radius 3 is 2.56 bits per heavy atom. The zero-order valence-electron chi connectivity index (χ0n) is 9.22. The molecule has 1 heterocycles. The number of carbonyl (C=O) groups excluding carboxylic acids is 1. The van der Waals surface area contributed by atoms with E-state index in [0.717, 1.165) is 12.1 Å². The maximum Gasteiger partial charge on any atom is 0.416 e. The summed E-state index contributed by atoms with van der Waals surface area (Å²) in [6.45, 7) is 1.69. The zero-order chi connectivity index (χ0) is 13.5. The van der Waals surface area contributed by atoms with Gasteiger partial charge in [0.15, 0.2) is 0 Å². The number of rotatable bonds is 1. The lowest BCUT2D eigenvalue weighted by Gasteiger charge is -2.17. The highest BCUT2D eigenvalue weighted by Gasteiger charge is 2.36. The van der Waals surface area contributed by atoms with Gasteiger partial charge in [0, 0.05) is 9.13 Å². The van der Waals surface area contributed by atoms with Crippen LogP contribution in [0.1, 0.15) is 24.2 Å². The van der Waals surface area contributed by atoms with Crippen molar-refractivity contribution in [3.63, 3.8) is 0 Å². The van der Waals surface area contributed by atoms with Crippen LogP contribution in [-0.4, -0.2) is 12.1 Å². The van der Waals surface area contributed by atoms with E-state index in [2.05, 4.69) is 5.32 Å². The first-order valence-corrected chi connectivity index (χ1v) is 6.20. The summed E-state index contributed by atoms with van der Waals surface area (Å²) in [7, 11) is 0. The molecule has 0 radical (unpaired) electrons. The van der Waals surface area contributed by atoms with Gasteiger partial charge < -0.3 is 10.1 Å². The molecular formula is C11H9F3INO2. The van der Waals surface area contributed by atoms with Crippen molar-refractivity contribution in [1.29, 1.82) is 0 Å². The average Bonchev–Trinajstić information content (AvgIpc) is 2.56. The quantitative estimate of drug-likeness (QED) is 0.768. The molecule has 1 aromatic carbocycles. The summed E-state index contributed by atoms with van der Waals surface area (Å²) in [5.74, 6) is 0. The molecule has 2 rings (SSSR count). The van der Waals surface area contributed by atoms with Crippen LogP contribution in [0.5, 0.6) is 0 Å². The maximum absolute atomic E-state index is 12.6. The molecule has 0 spiro atoms. The first kappa shape index (κ1) is 13.4. The van der Waals surface area contributed by atoms with Gasteiger partial charge in [-0.25, -0.2) is 4.79 Å². The predicted molar refractivity (Wildman–Crippen MR) is 66.0 cm³/mol. The Kier molecular flexibility index (Phi) is 3.43. The molecule has 3 nitrogen and oxygen atoms in total. The van der Waals surface area contributed by atoms with Gasteiger partial charge in [-0.2, -0.15) is 13.2 Å². The summed E-state index contributed by atoms with van der Waals surface area (Å²) in [5, 5.41) is 2.50. The predicted octanol–water partition coefficient (Wildman–Crippen LogP) is 3.48. The number of amides is 1. The molecule has 1 N–H and O–H groups in total. The van der Waals surface area contributed by atoms with Gasteiger partial charge >= 0.3 is 12.3 Å². The SMILES string of the molecule is CC1NC(=O)OC1c1cc(C(F)(F)F)ccc1I. The number of benzene rings is 1. The van der Waals surface area contributed by atoms with Crippen molar-refractivity contribution in [2.75, 3.05) is 0 Å². The molecule has 0 saturated carbocycles. The zero-order valence-corrected chi connectivity index (χ0v) is 11.4. The fraction of sp³-hybridized carbons (Fsp3) is 0.364. The van der Waals surface area contributed by atoms with Crippen molar-refractivity contribution >= 4 is 28.7 Å². The first-order chi connectivity index (χ1) is 8.29. The number of ether oxygens (including phenoxy) is 1. The molecule has 1 saturated heterocycles. The minimum Gasteiger partial charge on any atom is -0.439 e. The Morgan fingerprint density at radius 1 is 1.39 bits per heavy atom. The van der Waals surface area contributed by atoms with E-state index in [0.29, 0.717) is 9.13 Å². The second-order valence-corrected chi connectivity index (χ2v) is 5.16. The summed E-state index contributed by atoms with van der Waals surface area (Å²) in [6, 6.07) is 3.07. The second-order valence-electron chi connectivity index (χ2n) is 3.99. The van der Waals surface area contributed by atoms with Gasteiger partial charge in [0.05, 0.1) is 11.6 Å². The highest BCUT2D eigenvalue weighted by molar-refractivity contribution is 14.1. The summed E-state index contributed by atoms with van der Waals surface area (Å²) in [5.41, 5.74) is -0.371. The number of hydrogen-bond acceptors (Lipinski definition) is 2. The van der Waals surface area contributed by atoms with Crippen LogP contribution < -0.4 is 5.32 Å². The van der Waals surface area contributed by atoms with Crippen LogP contribution >= 0.6 is 22.6 Å². The third-order valence-corrected chi connectivity index (χ3v) is 3.65. The van der Waals surface area contributed by atoms with Crippen LogP contribution in [-0.2, 0) is 10.9 Å². The number of cyclic esters (lactones) is 1. The Labute approximate surface area is 115 Å². The van der Waals surface area contributed by atoms with Crippen LogP contribution in [0.3, 0.4) is 0 Å². The molecular weight excluding hydrogens is 362 g/mol. The number of carbonyl (C=O) groups is 1. The van der Waals surface area contributed by atoms with Gasteiger partial charge in [-0.05, 0) is 47.7 Å². The van der Waals surface area contributed by atoms with Crippen molar-refractivity contribution in [3.05, 3.63) is 32.9 Å². The first-order valence-electron chi connectivity index (χ1n) is 5.13.